The van der Waals surface area contributed by atoms with Crippen LogP contribution in [0.25, 0.3) is 0 Å². The van der Waals surface area contributed by atoms with Gasteiger partial charge >= 0.3 is 0 Å². The summed E-state index contributed by atoms with van der Waals surface area (Å²) < 4.78 is 46.9. The van der Waals surface area contributed by atoms with Crippen molar-refractivity contribution in [2.75, 3.05) is 19.0 Å². The van der Waals surface area contributed by atoms with E-state index >= 15 is 0 Å². The minimum absolute atomic E-state index is 0.137. The summed E-state index contributed by atoms with van der Waals surface area (Å²) in [6, 6.07) is 16.7. The lowest BCUT2D eigenvalue weighted by molar-refractivity contribution is 0.102. The average molecular weight is 463 g/mol. The van der Waals surface area contributed by atoms with Crippen molar-refractivity contribution in [3.8, 4) is 5.75 Å². The highest BCUT2D eigenvalue weighted by molar-refractivity contribution is 7.89. The monoisotopic (exact) mass is 462 g/mol. The van der Waals surface area contributed by atoms with E-state index in [1.54, 1.807) is 31.4 Å². The number of ether oxygens (including phenoxy) is 1. The molecule has 0 saturated heterocycles. The van der Waals surface area contributed by atoms with Crippen LogP contribution < -0.4 is 14.8 Å². The molecule has 0 unspecified atom stereocenters. The third-order valence-corrected chi connectivity index (χ3v) is 6.14. The Bertz CT molecular complexity index is 1180. The van der Waals surface area contributed by atoms with Gasteiger partial charge in [0.1, 0.15) is 11.6 Å². The molecule has 0 aliphatic heterocycles. The third-order valence-electron chi connectivity index (χ3n) is 4.45. The molecule has 2 N–H and O–H groups in total. The number of benzene rings is 3. The number of hydrogen-bond donors (Lipinski definition) is 2. The molecule has 3 aromatic rings. The van der Waals surface area contributed by atoms with E-state index < -0.39 is 21.7 Å². The molecule has 0 aliphatic carbocycles. The van der Waals surface area contributed by atoms with Gasteiger partial charge in [0.25, 0.3) is 5.91 Å². The first-order valence-corrected chi connectivity index (χ1v) is 11.1. The molecule has 0 aromatic heterocycles. The molecule has 9 heteroatoms. The van der Waals surface area contributed by atoms with Crippen LogP contribution in [0.5, 0.6) is 5.75 Å². The second kappa shape index (κ2) is 9.91. The highest BCUT2D eigenvalue weighted by Crippen LogP contribution is 2.20. The molecule has 0 heterocycles. The summed E-state index contributed by atoms with van der Waals surface area (Å²) in [4.78, 5) is 12.0. The number of hydrogen-bond acceptors (Lipinski definition) is 4. The van der Waals surface area contributed by atoms with Crippen molar-refractivity contribution < 1.29 is 22.3 Å². The van der Waals surface area contributed by atoms with Crippen LogP contribution >= 0.6 is 11.6 Å². The number of methoxy groups -OCH3 is 1. The zero-order chi connectivity index (χ0) is 22.4. The second-order valence-electron chi connectivity index (χ2n) is 6.60. The first kappa shape index (κ1) is 22.7. The molecule has 0 spiro atoms. The molecule has 0 fully saturated rings. The Balaban J connectivity index is 1.63. The summed E-state index contributed by atoms with van der Waals surface area (Å²) in [5.41, 5.74) is 1.04. The Labute approximate surface area is 185 Å². The van der Waals surface area contributed by atoms with Gasteiger partial charge in [-0.3, -0.25) is 4.79 Å². The van der Waals surface area contributed by atoms with E-state index in [2.05, 4.69) is 10.0 Å². The van der Waals surface area contributed by atoms with Gasteiger partial charge in [-0.2, -0.15) is 0 Å². The molecule has 1 amide bonds. The largest absolute Gasteiger partial charge is 0.497 e. The van der Waals surface area contributed by atoms with Crippen LogP contribution in [0.2, 0.25) is 5.02 Å². The Morgan fingerprint density at radius 3 is 2.45 bits per heavy atom. The molecule has 0 saturated carbocycles. The van der Waals surface area contributed by atoms with Gasteiger partial charge in [0.2, 0.25) is 10.0 Å². The maximum atomic E-state index is 14.4. The number of amides is 1. The molecule has 0 aliphatic rings. The van der Waals surface area contributed by atoms with Crippen molar-refractivity contribution in [1.29, 1.82) is 0 Å². The van der Waals surface area contributed by atoms with Gasteiger partial charge in [-0.1, -0.05) is 29.8 Å². The molecular formula is C22H20ClFN2O4S. The van der Waals surface area contributed by atoms with E-state index in [0.29, 0.717) is 17.2 Å². The van der Waals surface area contributed by atoms with Crippen LogP contribution in [0.3, 0.4) is 0 Å². The van der Waals surface area contributed by atoms with Crippen LogP contribution in [0.4, 0.5) is 10.1 Å². The normalized spacial score (nSPS) is 11.2. The first-order valence-electron chi connectivity index (χ1n) is 9.27. The van der Waals surface area contributed by atoms with E-state index in [1.807, 2.05) is 12.1 Å². The van der Waals surface area contributed by atoms with Crippen LogP contribution in [0.1, 0.15) is 15.9 Å². The molecule has 6 nitrogen and oxygen atoms in total. The number of anilines is 1. The molecule has 31 heavy (non-hydrogen) atoms. The molecule has 162 valence electrons. The number of nitrogens with one attached hydrogen (secondary N) is 2. The van der Waals surface area contributed by atoms with Gasteiger partial charge in [-0.25, -0.2) is 17.5 Å². The quantitative estimate of drug-likeness (QED) is 0.524. The van der Waals surface area contributed by atoms with Gasteiger partial charge in [0.05, 0.1) is 17.7 Å². The fraction of sp³-hybridized carbons (Fsp3) is 0.136. The summed E-state index contributed by atoms with van der Waals surface area (Å²) in [5.74, 6) is -0.717. The number of rotatable bonds is 8. The van der Waals surface area contributed by atoms with Crippen molar-refractivity contribution >= 4 is 33.2 Å². The lowest BCUT2D eigenvalue weighted by Crippen LogP contribution is -2.26. The highest BCUT2D eigenvalue weighted by Gasteiger charge is 2.17. The lowest BCUT2D eigenvalue weighted by atomic mass is 10.1. The number of carbonyl (C=O) groups is 1. The zero-order valence-corrected chi connectivity index (χ0v) is 18.1. The summed E-state index contributed by atoms with van der Waals surface area (Å²) in [5, 5.41) is 2.78. The lowest BCUT2D eigenvalue weighted by Gasteiger charge is -2.10. The van der Waals surface area contributed by atoms with E-state index in [9.17, 15) is 17.6 Å². The molecule has 3 rings (SSSR count). The Morgan fingerprint density at radius 2 is 1.81 bits per heavy atom. The van der Waals surface area contributed by atoms with Gasteiger partial charge in [0.15, 0.2) is 0 Å². The number of sulfonamides is 1. The Hall–Kier alpha value is -2.94. The predicted octanol–water partition coefficient (Wildman–Crippen LogP) is 4.26. The zero-order valence-electron chi connectivity index (χ0n) is 16.6. The summed E-state index contributed by atoms with van der Waals surface area (Å²) in [7, 11) is -2.35. The fourth-order valence-electron chi connectivity index (χ4n) is 2.79. The van der Waals surface area contributed by atoms with Crippen LogP contribution in [-0.2, 0) is 16.4 Å². The molecule has 0 bridgehead atoms. The number of halogens is 2. The standard InChI is InChI=1S/C22H20ClFN2O4S/c1-30-18-7-5-15(6-8-18)11-12-25-31(28,29)19-9-10-21(20(24)14-19)26-22(27)16-3-2-4-17(23)13-16/h2-10,13-14,25H,11-12H2,1H3,(H,26,27). The van der Waals surface area contributed by atoms with Gasteiger partial charge in [0, 0.05) is 17.1 Å². The van der Waals surface area contributed by atoms with Crippen molar-refractivity contribution in [3.63, 3.8) is 0 Å². The minimum Gasteiger partial charge on any atom is -0.497 e. The smallest absolute Gasteiger partial charge is 0.255 e. The summed E-state index contributed by atoms with van der Waals surface area (Å²) >= 11 is 5.86. The van der Waals surface area contributed by atoms with Crippen LogP contribution in [-0.4, -0.2) is 28.0 Å². The number of carbonyl (C=O) groups excluding carboxylic acids is 1. The van der Waals surface area contributed by atoms with E-state index in [1.165, 1.54) is 24.3 Å². The Morgan fingerprint density at radius 1 is 1.06 bits per heavy atom. The highest BCUT2D eigenvalue weighted by atomic mass is 35.5. The fourth-order valence-corrected chi connectivity index (χ4v) is 4.03. The van der Waals surface area contributed by atoms with Crippen molar-refractivity contribution in [2.45, 2.75) is 11.3 Å². The van der Waals surface area contributed by atoms with Gasteiger partial charge in [-0.15, -0.1) is 0 Å². The van der Waals surface area contributed by atoms with Crippen molar-refractivity contribution in [1.82, 2.24) is 4.72 Å². The second-order valence-corrected chi connectivity index (χ2v) is 8.81. The topological polar surface area (TPSA) is 84.5 Å². The first-order chi connectivity index (χ1) is 14.8. The minimum atomic E-state index is -3.91. The van der Waals surface area contributed by atoms with Crippen molar-refractivity contribution in [2.24, 2.45) is 0 Å². The van der Waals surface area contributed by atoms with Crippen LogP contribution in [0, 0.1) is 5.82 Å². The maximum Gasteiger partial charge on any atom is 0.255 e. The molecule has 0 atom stereocenters. The van der Waals surface area contributed by atoms with E-state index in [4.69, 9.17) is 16.3 Å². The Kier molecular flexibility index (Phi) is 7.27. The summed E-state index contributed by atoms with van der Waals surface area (Å²) in [6.45, 7) is 0.142. The van der Waals surface area contributed by atoms with E-state index in [0.717, 1.165) is 11.6 Å². The van der Waals surface area contributed by atoms with Crippen LogP contribution in [0.15, 0.2) is 71.6 Å². The molecular weight excluding hydrogens is 443 g/mol. The van der Waals surface area contributed by atoms with E-state index in [-0.39, 0.29) is 22.7 Å². The maximum absolute atomic E-state index is 14.4. The SMILES string of the molecule is COc1ccc(CCNS(=O)(=O)c2ccc(NC(=O)c3cccc(Cl)c3)c(F)c2)cc1. The predicted molar refractivity (Wildman–Crippen MR) is 118 cm³/mol. The summed E-state index contributed by atoms with van der Waals surface area (Å²) in [6.07, 6.45) is 0.458. The third kappa shape index (κ3) is 6.04. The molecule has 3 aromatic carbocycles. The van der Waals surface area contributed by atoms with Crippen molar-refractivity contribution in [3.05, 3.63) is 88.7 Å². The van der Waals surface area contributed by atoms with Gasteiger partial charge < -0.3 is 10.1 Å². The van der Waals surface area contributed by atoms with Gasteiger partial charge in [-0.05, 0) is 60.5 Å². The average Bonchev–Trinajstić information content (AvgIpc) is 2.75. The molecule has 0 radical (unpaired) electrons.